The smallest absolute Gasteiger partial charge is 0.363 e. The van der Waals surface area contributed by atoms with E-state index in [2.05, 4.69) is 0 Å². The standard InChI is InChI=1S/C8H11O2P.C2H6O2P/c1-11(10,7-9)8-5-3-2-4-6-8;1-5(4)2-3/h2-6,9H,7H2,1H3;3H,2H2,1H3/q;+1/t11-;/m0./s1. The van der Waals surface area contributed by atoms with Crippen LogP contribution in [-0.4, -0.2) is 36.2 Å². The summed E-state index contributed by atoms with van der Waals surface area (Å²) in [5.74, 6) is 0. The zero-order chi connectivity index (χ0) is 12.6. The number of aliphatic hydroxyl groups excluding tert-OH is 2. The van der Waals surface area contributed by atoms with Crippen molar-refractivity contribution >= 4 is 20.2 Å². The van der Waals surface area contributed by atoms with Gasteiger partial charge in [0.1, 0.15) is 13.8 Å². The average Bonchev–Trinajstić information content (AvgIpc) is 2.31. The maximum absolute atomic E-state index is 11.5. The maximum Gasteiger partial charge on any atom is 0.363 e. The van der Waals surface area contributed by atoms with Crippen molar-refractivity contribution < 1.29 is 19.3 Å². The number of rotatable bonds is 3. The Morgan fingerprint density at radius 3 is 2.00 bits per heavy atom. The molecule has 0 fully saturated rings. The summed E-state index contributed by atoms with van der Waals surface area (Å²) >= 11 is 0. The molecule has 2 N–H and O–H groups in total. The summed E-state index contributed by atoms with van der Waals surface area (Å²) in [7, 11) is -3.76. The Kier molecular flexibility index (Phi) is 7.44. The first-order valence-electron chi connectivity index (χ1n) is 4.66. The monoisotopic (exact) mass is 263 g/mol. The second kappa shape index (κ2) is 7.70. The van der Waals surface area contributed by atoms with E-state index in [1.54, 1.807) is 18.8 Å². The van der Waals surface area contributed by atoms with Crippen LogP contribution in [0.5, 0.6) is 0 Å². The molecule has 0 spiro atoms. The van der Waals surface area contributed by atoms with E-state index in [4.69, 9.17) is 10.2 Å². The lowest BCUT2D eigenvalue weighted by Crippen LogP contribution is -2.05. The lowest BCUT2D eigenvalue weighted by Gasteiger charge is -2.08. The Labute approximate surface area is 96.5 Å². The normalized spacial score (nSPS) is 14.4. The van der Waals surface area contributed by atoms with Crippen LogP contribution >= 0.6 is 14.9 Å². The molecule has 0 aliphatic heterocycles. The van der Waals surface area contributed by atoms with Crippen LogP contribution in [0.4, 0.5) is 0 Å². The molecule has 90 valence electrons. The van der Waals surface area contributed by atoms with Crippen LogP contribution in [0.2, 0.25) is 0 Å². The van der Waals surface area contributed by atoms with Gasteiger partial charge in [0, 0.05) is 5.30 Å². The lowest BCUT2D eigenvalue weighted by atomic mass is 10.4. The Morgan fingerprint density at radius 1 is 1.25 bits per heavy atom. The first-order chi connectivity index (χ1) is 7.44. The molecule has 0 radical (unpaired) electrons. The molecule has 0 aliphatic carbocycles. The topological polar surface area (TPSA) is 74.6 Å². The molecule has 1 rings (SSSR count). The highest BCUT2D eigenvalue weighted by atomic mass is 31.2. The molecular weight excluding hydrogens is 246 g/mol. The summed E-state index contributed by atoms with van der Waals surface area (Å²) in [6, 6.07) is 9.05. The third-order valence-electron chi connectivity index (χ3n) is 1.77. The van der Waals surface area contributed by atoms with Gasteiger partial charge >= 0.3 is 7.80 Å². The highest BCUT2D eigenvalue weighted by Gasteiger charge is 2.15. The number of benzene rings is 1. The zero-order valence-electron chi connectivity index (χ0n) is 9.41. The molecule has 1 aromatic rings. The van der Waals surface area contributed by atoms with Gasteiger partial charge in [0.2, 0.25) is 6.35 Å². The predicted octanol–water partition coefficient (Wildman–Crippen LogP) is 1.65. The molecular formula is C10H17O4P2+. The fourth-order valence-electron chi connectivity index (χ4n) is 0.825. The van der Waals surface area contributed by atoms with Gasteiger partial charge in [-0.25, -0.2) is 0 Å². The Balaban J connectivity index is 0.000000385. The van der Waals surface area contributed by atoms with Gasteiger partial charge in [0.25, 0.3) is 0 Å². The summed E-state index contributed by atoms with van der Waals surface area (Å²) in [6.07, 6.45) is -0.438. The van der Waals surface area contributed by atoms with E-state index < -0.39 is 14.9 Å². The van der Waals surface area contributed by atoms with Crippen molar-refractivity contribution in [1.82, 2.24) is 0 Å². The van der Waals surface area contributed by atoms with Crippen LogP contribution in [0.1, 0.15) is 0 Å². The van der Waals surface area contributed by atoms with E-state index in [9.17, 15) is 9.13 Å². The first-order valence-corrected chi connectivity index (χ1v) is 8.89. The van der Waals surface area contributed by atoms with Crippen LogP contribution < -0.4 is 5.30 Å². The lowest BCUT2D eigenvalue weighted by molar-refractivity contribution is 0.361. The molecule has 16 heavy (non-hydrogen) atoms. The molecule has 0 saturated carbocycles. The molecule has 2 atom stereocenters. The molecule has 0 aliphatic rings. The van der Waals surface area contributed by atoms with Gasteiger partial charge in [0.05, 0.1) is 6.35 Å². The third kappa shape index (κ3) is 6.14. The van der Waals surface area contributed by atoms with Crippen LogP contribution in [0.15, 0.2) is 30.3 Å². The predicted molar refractivity (Wildman–Crippen MR) is 67.3 cm³/mol. The highest BCUT2D eigenvalue weighted by molar-refractivity contribution is 7.70. The van der Waals surface area contributed by atoms with Crippen LogP contribution in [0, 0.1) is 0 Å². The highest BCUT2D eigenvalue weighted by Crippen LogP contribution is 2.37. The minimum Gasteiger partial charge on any atom is -0.388 e. The van der Waals surface area contributed by atoms with Crippen molar-refractivity contribution in [3.8, 4) is 0 Å². The number of hydrogen-bond acceptors (Lipinski definition) is 4. The molecule has 1 aromatic carbocycles. The zero-order valence-corrected chi connectivity index (χ0v) is 11.2. The fraction of sp³-hybridized carbons (Fsp3) is 0.400. The Bertz CT molecular complexity index is 364. The van der Waals surface area contributed by atoms with Crippen molar-refractivity contribution in [3.05, 3.63) is 30.3 Å². The largest absolute Gasteiger partial charge is 0.388 e. The fourth-order valence-corrected chi connectivity index (χ4v) is 1.79. The summed E-state index contributed by atoms with van der Waals surface area (Å²) in [6.45, 7) is 3.07. The first kappa shape index (κ1) is 15.5. The van der Waals surface area contributed by atoms with Crippen molar-refractivity contribution in [1.29, 1.82) is 0 Å². The van der Waals surface area contributed by atoms with Gasteiger partial charge in [-0.3, -0.25) is 0 Å². The Morgan fingerprint density at radius 2 is 1.69 bits per heavy atom. The van der Waals surface area contributed by atoms with Crippen molar-refractivity contribution in [2.75, 3.05) is 26.0 Å². The van der Waals surface area contributed by atoms with Gasteiger partial charge in [0.15, 0.2) is 0 Å². The SMILES string of the molecule is C[P+](=O)CO.C[P@](=O)(CO)c1ccccc1. The van der Waals surface area contributed by atoms with Crippen LogP contribution in [-0.2, 0) is 9.13 Å². The van der Waals surface area contributed by atoms with Gasteiger partial charge in [-0.05, 0) is 6.66 Å². The van der Waals surface area contributed by atoms with E-state index in [1.165, 1.54) is 6.66 Å². The molecule has 4 nitrogen and oxygen atoms in total. The Hall–Kier alpha value is -0.530. The average molecular weight is 263 g/mol. The second-order valence-corrected chi connectivity index (χ2v) is 7.89. The van der Waals surface area contributed by atoms with Gasteiger partial charge in [-0.2, -0.15) is 0 Å². The molecule has 0 bridgehead atoms. The summed E-state index contributed by atoms with van der Waals surface area (Å²) in [4.78, 5) is 0. The maximum atomic E-state index is 11.5. The minimum atomic E-state index is -2.47. The summed E-state index contributed by atoms with van der Waals surface area (Å²) in [5.41, 5.74) is 0. The minimum absolute atomic E-state index is 0.185. The van der Waals surface area contributed by atoms with E-state index in [1.807, 2.05) is 18.2 Å². The van der Waals surface area contributed by atoms with E-state index in [0.717, 1.165) is 5.30 Å². The number of hydrogen-bond donors (Lipinski definition) is 2. The summed E-state index contributed by atoms with van der Waals surface area (Å²) < 4.78 is 21.2. The van der Waals surface area contributed by atoms with Crippen LogP contribution in [0.3, 0.4) is 0 Å². The van der Waals surface area contributed by atoms with Crippen LogP contribution in [0.25, 0.3) is 0 Å². The van der Waals surface area contributed by atoms with Gasteiger partial charge in [-0.15, -0.1) is 0 Å². The molecule has 0 saturated heterocycles. The quantitative estimate of drug-likeness (QED) is 0.813. The molecule has 0 amide bonds. The second-order valence-electron chi connectivity index (χ2n) is 3.35. The van der Waals surface area contributed by atoms with Gasteiger partial charge < -0.3 is 14.8 Å². The molecule has 0 aromatic heterocycles. The van der Waals surface area contributed by atoms with E-state index in [-0.39, 0.29) is 12.7 Å². The van der Waals surface area contributed by atoms with Crippen molar-refractivity contribution in [3.63, 3.8) is 0 Å². The van der Waals surface area contributed by atoms with Crippen molar-refractivity contribution in [2.45, 2.75) is 0 Å². The summed E-state index contributed by atoms with van der Waals surface area (Å²) in [5, 5.41) is 17.4. The molecule has 6 heteroatoms. The molecule has 1 unspecified atom stereocenters. The number of aliphatic hydroxyl groups is 2. The van der Waals surface area contributed by atoms with Crippen molar-refractivity contribution in [2.24, 2.45) is 0 Å². The van der Waals surface area contributed by atoms with E-state index >= 15 is 0 Å². The van der Waals surface area contributed by atoms with E-state index in [0.29, 0.717) is 0 Å². The molecule has 0 heterocycles. The third-order valence-corrected chi connectivity index (χ3v) is 4.10. The van der Waals surface area contributed by atoms with Gasteiger partial charge in [-0.1, -0.05) is 34.9 Å².